The fourth-order valence-corrected chi connectivity index (χ4v) is 4.19. The second-order valence-electron chi connectivity index (χ2n) is 10.4. The van der Waals surface area contributed by atoms with Gasteiger partial charge in [-0.25, -0.2) is 4.79 Å². The van der Waals surface area contributed by atoms with E-state index >= 15 is 0 Å². The monoisotopic (exact) mass is 473 g/mol. The highest BCUT2D eigenvalue weighted by Gasteiger charge is 2.27. The van der Waals surface area contributed by atoms with E-state index in [1.165, 1.54) is 0 Å². The van der Waals surface area contributed by atoms with Gasteiger partial charge in [0.15, 0.2) is 0 Å². The van der Waals surface area contributed by atoms with Crippen LogP contribution in [-0.2, 0) is 9.53 Å². The smallest absolute Gasteiger partial charge is 0.410 e. The van der Waals surface area contributed by atoms with Crippen molar-refractivity contribution in [2.24, 2.45) is 11.8 Å². The summed E-state index contributed by atoms with van der Waals surface area (Å²) in [7, 11) is 0. The van der Waals surface area contributed by atoms with Gasteiger partial charge < -0.3 is 24.8 Å². The van der Waals surface area contributed by atoms with Gasteiger partial charge in [-0.15, -0.1) is 0 Å². The maximum absolute atomic E-state index is 12.3. The summed E-state index contributed by atoms with van der Waals surface area (Å²) in [5.41, 5.74) is 1.60. The van der Waals surface area contributed by atoms with Crippen LogP contribution in [0.5, 0.6) is 5.75 Å². The van der Waals surface area contributed by atoms with Gasteiger partial charge in [0, 0.05) is 25.0 Å². The molecule has 0 bridgehead atoms. The number of aliphatic hydroxyl groups is 1. The molecule has 2 atom stereocenters. The van der Waals surface area contributed by atoms with E-state index in [0.29, 0.717) is 32.0 Å². The van der Waals surface area contributed by atoms with Crippen LogP contribution in [0.3, 0.4) is 0 Å². The zero-order valence-corrected chi connectivity index (χ0v) is 20.9. The number of nitrogens with one attached hydrogen (secondary N) is 1. The minimum absolute atomic E-state index is 0.00508. The highest BCUT2D eigenvalue weighted by Crippen LogP contribution is 2.30. The number of carbonyl (C=O) groups excluding carboxylic acids is 2. The molecule has 8 nitrogen and oxygen atoms in total. The molecule has 188 valence electrons. The molecule has 1 aromatic heterocycles. The molecule has 2 amide bonds. The van der Waals surface area contributed by atoms with Gasteiger partial charge in [-0.3, -0.25) is 9.78 Å². The Labute approximate surface area is 202 Å². The number of ether oxygens (including phenoxy) is 2. The van der Waals surface area contributed by atoms with E-state index in [4.69, 9.17) is 14.6 Å². The van der Waals surface area contributed by atoms with E-state index in [1.54, 1.807) is 18.0 Å². The third-order valence-corrected chi connectivity index (χ3v) is 6.26. The van der Waals surface area contributed by atoms with Crippen LogP contribution in [0.2, 0.25) is 0 Å². The summed E-state index contributed by atoms with van der Waals surface area (Å²) in [5, 5.41) is 12.0. The lowest BCUT2D eigenvalue weighted by atomic mass is 9.87. The van der Waals surface area contributed by atoms with Gasteiger partial charge in [0.1, 0.15) is 11.4 Å². The van der Waals surface area contributed by atoms with Crippen LogP contribution in [0.1, 0.15) is 65.5 Å². The molecule has 0 aromatic carbocycles. The summed E-state index contributed by atoms with van der Waals surface area (Å²) >= 11 is 0. The van der Waals surface area contributed by atoms with Crippen LogP contribution < -0.4 is 10.1 Å². The molecule has 1 saturated heterocycles. The molecule has 2 heterocycles. The summed E-state index contributed by atoms with van der Waals surface area (Å²) in [5.74, 6) is 1.09. The van der Waals surface area contributed by atoms with Crippen LogP contribution in [0, 0.1) is 11.8 Å². The number of rotatable bonds is 7. The second-order valence-corrected chi connectivity index (χ2v) is 10.4. The maximum atomic E-state index is 12.3. The summed E-state index contributed by atoms with van der Waals surface area (Å²) in [6.07, 6.45) is 7.66. The Balaban J connectivity index is 1.42. The standard InChI is InChI=1S/C26H39N3O5/c1-18(16-30)28-24(31)21-7-5-20(6-8-21)23-10-9-22(15-27-23)33-17-19-11-13-29(14-12-19)25(32)34-26(2,3)4/h5,9-10,15,18-19,21,30H,6-8,11-14,16-17H2,1-4H3,(H,28,31)/t18-,21?/m0/s1. The van der Waals surface area contributed by atoms with Crippen LogP contribution in [-0.4, -0.2) is 64.9 Å². The predicted molar refractivity (Wildman–Crippen MR) is 130 cm³/mol. The van der Waals surface area contributed by atoms with Crippen molar-refractivity contribution in [3.05, 3.63) is 30.1 Å². The van der Waals surface area contributed by atoms with Crippen molar-refractivity contribution in [3.8, 4) is 5.75 Å². The van der Waals surface area contributed by atoms with Crippen LogP contribution >= 0.6 is 0 Å². The lowest BCUT2D eigenvalue weighted by molar-refractivity contribution is -0.126. The van der Waals surface area contributed by atoms with Crippen molar-refractivity contribution >= 4 is 17.6 Å². The summed E-state index contributed by atoms with van der Waals surface area (Å²) in [6, 6.07) is 3.70. The molecule has 2 N–H and O–H groups in total. The third kappa shape index (κ3) is 7.72. The number of likely N-dealkylation sites (tertiary alicyclic amines) is 1. The zero-order valence-electron chi connectivity index (χ0n) is 20.9. The molecule has 0 spiro atoms. The van der Waals surface area contributed by atoms with Gasteiger partial charge in [0.25, 0.3) is 0 Å². The van der Waals surface area contributed by atoms with Crippen LogP contribution in [0.25, 0.3) is 5.57 Å². The Bertz CT molecular complexity index is 854. The van der Waals surface area contributed by atoms with Gasteiger partial charge in [0.05, 0.1) is 25.1 Å². The fourth-order valence-electron chi connectivity index (χ4n) is 4.19. The van der Waals surface area contributed by atoms with Gasteiger partial charge in [-0.2, -0.15) is 0 Å². The number of hydrogen-bond donors (Lipinski definition) is 2. The first-order valence-electron chi connectivity index (χ1n) is 12.3. The molecule has 3 rings (SSSR count). The van der Waals surface area contributed by atoms with Crippen molar-refractivity contribution < 1.29 is 24.2 Å². The Kier molecular flexibility index (Phi) is 8.94. The third-order valence-electron chi connectivity index (χ3n) is 6.26. The lowest BCUT2D eigenvalue weighted by Gasteiger charge is -2.33. The van der Waals surface area contributed by atoms with Gasteiger partial charge in [-0.1, -0.05) is 6.08 Å². The first kappa shape index (κ1) is 26.0. The largest absolute Gasteiger partial charge is 0.492 e. The Morgan fingerprint density at radius 2 is 1.97 bits per heavy atom. The van der Waals surface area contributed by atoms with Crippen molar-refractivity contribution in [3.63, 3.8) is 0 Å². The van der Waals surface area contributed by atoms with Crippen LogP contribution in [0.4, 0.5) is 4.79 Å². The Morgan fingerprint density at radius 3 is 2.53 bits per heavy atom. The number of aliphatic hydroxyl groups excluding tert-OH is 1. The summed E-state index contributed by atoms with van der Waals surface area (Å²) < 4.78 is 11.4. The molecular formula is C26H39N3O5. The molecule has 34 heavy (non-hydrogen) atoms. The number of hydrogen-bond acceptors (Lipinski definition) is 6. The minimum Gasteiger partial charge on any atom is -0.492 e. The van der Waals surface area contributed by atoms with Crippen molar-refractivity contribution in [1.82, 2.24) is 15.2 Å². The summed E-state index contributed by atoms with van der Waals surface area (Å²) in [4.78, 5) is 30.8. The molecule has 1 fully saturated rings. The van der Waals surface area contributed by atoms with E-state index in [0.717, 1.165) is 42.7 Å². The topological polar surface area (TPSA) is 101 Å². The van der Waals surface area contributed by atoms with Gasteiger partial charge >= 0.3 is 6.09 Å². The molecule has 1 aromatic rings. The fraction of sp³-hybridized carbons (Fsp3) is 0.654. The molecule has 0 saturated carbocycles. The number of nitrogens with zero attached hydrogens (tertiary/aromatic N) is 2. The van der Waals surface area contributed by atoms with Crippen LogP contribution in [0.15, 0.2) is 24.4 Å². The minimum atomic E-state index is -0.473. The number of pyridine rings is 1. The van der Waals surface area contributed by atoms with E-state index in [2.05, 4.69) is 16.4 Å². The van der Waals surface area contributed by atoms with E-state index in [-0.39, 0.29) is 30.6 Å². The molecule has 1 aliphatic heterocycles. The molecule has 2 aliphatic rings. The zero-order chi connectivity index (χ0) is 24.7. The number of amides is 2. The first-order valence-corrected chi connectivity index (χ1v) is 12.3. The lowest BCUT2D eigenvalue weighted by Crippen LogP contribution is -2.42. The number of aromatic nitrogens is 1. The molecule has 1 aliphatic carbocycles. The SMILES string of the molecule is C[C@@H](CO)NC(=O)C1CC=C(c2ccc(OCC3CCN(C(=O)OC(C)(C)C)CC3)cn2)CC1. The Hall–Kier alpha value is -2.61. The van der Waals surface area contributed by atoms with E-state index in [9.17, 15) is 9.59 Å². The van der Waals surface area contributed by atoms with Crippen molar-refractivity contribution in [2.75, 3.05) is 26.3 Å². The summed E-state index contributed by atoms with van der Waals surface area (Å²) in [6.45, 7) is 9.36. The highest BCUT2D eigenvalue weighted by molar-refractivity contribution is 5.80. The van der Waals surface area contributed by atoms with Gasteiger partial charge in [-0.05, 0) is 83.4 Å². The number of piperidine rings is 1. The molecule has 8 heteroatoms. The number of allylic oxidation sites excluding steroid dienone is 2. The highest BCUT2D eigenvalue weighted by atomic mass is 16.6. The molecule has 0 radical (unpaired) electrons. The van der Waals surface area contributed by atoms with E-state index in [1.807, 2.05) is 32.9 Å². The van der Waals surface area contributed by atoms with Crippen molar-refractivity contribution in [2.45, 2.75) is 71.4 Å². The average molecular weight is 474 g/mol. The quantitative estimate of drug-likeness (QED) is 0.625. The first-order chi connectivity index (χ1) is 16.1. The number of carbonyl (C=O) groups is 2. The Morgan fingerprint density at radius 1 is 1.24 bits per heavy atom. The maximum Gasteiger partial charge on any atom is 0.410 e. The predicted octanol–water partition coefficient (Wildman–Crippen LogP) is 3.79. The average Bonchev–Trinajstić information content (AvgIpc) is 2.82. The van der Waals surface area contributed by atoms with Crippen molar-refractivity contribution in [1.29, 1.82) is 0 Å². The molecule has 1 unspecified atom stereocenters. The van der Waals surface area contributed by atoms with Gasteiger partial charge in [0.2, 0.25) is 5.91 Å². The molecular weight excluding hydrogens is 434 g/mol. The van der Waals surface area contributed by atoms with E-state index < -0.39 is 5.60 Å². The normalized spacial score (nSPS) is 20.3. The second kappa shape index (κ2) is 11.7.